The largest absolute Gasteiger partial charge is 0.391 e. The van der Waals surface area contributed by atoms with Gasteiger partial charge in [-0.3, -0.25) is 0 Å². The number of nitrogens with zero attached hydrogens (tertiary/aromatic N) is 2. The molecule has 0 spiro atoms. The molecule has 1 aliphatic rings. The van der Waals surface area contributed by atoms with Gasteiger partial charge in [0, 0.05) is 6.54 Å². The summed E-state index contributed by atoms with van der Waals surface area (Å²) in [6.45, 7) is 4.00. The molecule has 0 saturated carbocycles. The molecule has 1 fully saturated rings. The number of benzene rings is 1. The van der Waals surface area contributed by atoms with Gasteiger partial charge in [0.25, 0.3) is 0 Å². The van der Waals surface area contributed by atoms with Gasteiger partial charge in [-0.15, -0.1) is 0 Å². The Morgan fingerprint density at radius 1 is 1.45 bits per heavy atom. The molecule has 1 aromatic carbocycles. The Kier molecular flexibility index (Phi) is 5.22. The van der Waals surface area contributed by atoms with Gasteiger partial charge in [-0.25, -0.2) is 8.42 Å². The van der Waals surface area contributed by atoms with E-state index in [2.05, 4.69) is 0 Å². The van der Waals surface area contributed by atoms with Crippen molar-refractivity contribution in [3.05, 3.63) is 29.3 Å². The van der Waals surface area contributed by atoms with Crippen molar-refractivity contribution >= 4 is 10.0 Å². The van der Waals surface area contributed by atoms with Crippen LogP contribution in [0.15, 0.2) is 23.1 Å². The molecular formula is C16H22N2O3S. The number of rotatable bonds is 4. The molecule has 1 N–H and O–H groups in total. The van der Waals surface area contributed by atoms with E-state index in [4.69, 9.17) is 5.26 Å². The predicted molar refractivity (Wildman–Crippen MR) is 83.7 cm³/mol. The number of piperidine rings is 1. The lowest BCUT2D eigenvalue weighted by Crippen LogP contribution is -2.49. The molecule has 2 atom stereocenters. The highest BCUT2D eigenvalue weighted by molar-refractivity contribution is 7.89. The number of hydrogen-bond acceptors (Lipinski definition) is 4. The molecule has 6 heteroatoms. The average Bonchev–Trinajstić information content (AvgIpc) is 2.54. The summed E-state index contributed by atoms with van der Waals surface area (Å²) < 4.78 is 27.4. The summed E-state index contributed by atoms with van der Waals surface area (Å²) in [5.41, 5.74) is 0.947. The highest BCUT2D eigenvalue weighted by atomic mass is 32.2. The smallest absolute Gasteiger partial charge is 0.243 e. The zero-order valence-corrected chi connectivity index (χ0v) is 13.8. The Morgan fingerprint density at radius 3 is 2.82 bits per heavy atom. The van der Waals surface area contributed by atoms with E-state index in [-0.39, 0.29) is 10.9 Å². The molecular weight excluding hydrogens is 300 g/mol. The third kappa shape index (κ3) is 3.17. The SMILES string of the molecule is CC[C@@H](O)[C@H]1CCCCN1S(=O)(=O)c1cc(C#N)ccc1C. The zero-order chi connectivity index (χ0) is 16.3. The van der Waals surface area contributed by atoms with Crippen molar-refractivity contribution in [3.8, 4) is 6.07 Å². The normalized spacial score (nSPS) is 21.3. The Labute approximate surface area is 132 Å². The molecule has 1 heterocycles. The number of sulfonamides is 1. The van der Waals surface area contributed by atoms with Crippen LogP contribution in [0, 0.1) is 18.3 Å². The van der Waals surface area contributed by atoms with Crippen LogP contribution in [0.2, 0.25) is 0 Å². The van der Waals surface area contributed by atoms with E-state index in [9.17, 15) is 13.5 Å². The summed E-state index contributed by atoms with van der Waals surface area (Å²) in [5.74, 6) is 0. The van der Waals surface area contributed by atoms with Gasteiger partial charge in [0.1, 0.15) is 0 Å². The average molecular weight is 322 g/mol. The number of aryl methyl sites for hydroxylation is 1. The van der Waals surface area contributed by atoms with Crippen molar-refractivity contribution in [1.29, 1.82) is 5.26 Å². The molecule has 0 aliphatic carbocycles. The molecule has 1 saturated heterocycles. The minimum absolute atomic E-state index is 0.168. The van der Waals surface area contributed by atoms with Crippen LogP contribution < -0.4 is 0 Å². The third-order valence-electron chi connectivity index (χ3n) is 4.26. The molecule has 1 aliphatic heterocycles. The Bertz CT molecular complexity index is 679. The predicted octanol–water partition coefficient (Wildman–Crippen LogP) is 2.18. The van der Waals surface area contributed by atoms with Crippen LogP contribution in [-0.2, 0) is 10.0 Å². The fraction of sp³-hybridized carbons (Fsp3) is 0.562. The zero-order valence-electron chi connectivity index (χ0n) is 13.0. The monoisotopic (exact) mass is 322 g/mol. The second kappa shape index (κ2) is 6.78. The van der Waals surface area contributed by atoms with E-state index >= 15 is 0 Å². The van der Waals surface area contributed by atoms with E-state index in [0.717, 1.165) is 12.8 Å². The van der Waals surface area contributed by atoms with Crippen molar-refractivity contribution in [2.45, 2.75) is 56.6 Å². The maximum absolute atomic E-state index is 13.0. The van der Waals surface area contributed by atoms with Crippen molar-refractivity contribution < 1.29 is 13.5 Å². The van der Waals surface area contributed by atoms with Crippen LogP contribution in [0.5, 0.6) is 0 Å². The van der Waals surface area contributed by atoms with E-state index < -0.39 is 16.1 Å². The standard InChI is InChI=1S/C16H22N2O3S/c1-3-15(19)14-6-4-5-9-18(14)22(20,21)16-10-13(11-17)8-7-12(16)2/h7-8,10,14-15,19H,3-6,9H2,1-2H3/t14-,15-/m1/s1. The van der Waals surface area contributed by atoms with Gasteiger partial charge in [0.05, 0.1) is 28.7 Å². The number of hydrogen-bond donors (Lipinski definition) is 1. The first-order valence-electron chi connectivity index (χ1n) is 7.62. The molecule has 120 valence electrons. The Hall–Kier alpha value is -1.42. The first-order chi connectivity index (χ1) is 10.4. The molecule has 0 bridgehead atoms. The third-order valence-corrected chi connectivity index (χ3v) is 6.33. The number of aliphatic hydroxyl groups is 1. The number of nitriles is 1. The lowest BCUT2D eigenvalue weighted by atomic mass is 9.98. The summed E-state index contributed by atoms with van der Waals surface area (Å²) in [4.78, 5) is 0.168. The van der Waals surface area contributed by atoms with Gasteiger partial charge in [-0.05, 0) is 43.9 Å². The second-order valence-electron chi connectivity index (χ2n) is 5.75. The van der Waals surface area contributed by atoms with Crippen molar-refractivity contribution in [2.75, 3.05) is 6.54 Å². The second-order valence-corrected chi connectivity index (χ2v) is 7.61. The van der Waals surface area contributed by atoms with Gasteiger partial charge < -0.3 is 5.11 Å². The molecule has 1 aromatic rings. The van der Waals surface area contributed by atoms with E-state index in [0.29, 0.717) is 30.5 Å². The van der Waals surface area contributed by atoms with Gasteiger partial charge in [0.15, 0.2) is 0 Å². The molecule has 5 nitrogen and oxygen atoms in total. The van der Waals surface area contributed by atoms with Crippen LogP contribution in [0.4, 0.5) is 0 Å². The topological polar surface area (TPSA) is 81.4 Å². The van der Waals surface area contributed by atoms with Crippen LogP contribution in [-0.4, -0.2) is 36.5 Å². The molecule has 22 heavy (non-hydrogen) atoms. The summed E-state index contributed by atoms with van der Waals surface area (Å²) in [6, 6.07) is 6.29. The minimum atomic E-state index is -3.71. The summed E-state index contributed by atoms with van der Waals surface area (Å²) in [5, 5.41) is 19.2. The lowest BCUT2D eigenvalue weighted by Gasteiger charge is -2.37. The Morgan fingerprint density at radius 2 is 2.18 bits per heavy atom. The lowest BCUT2D eigenvalue weighted by molar-refractivity contribution is 0.0667. The molecule has 2 rings (SSSR count). The maximum atomic E-state index is 13.0. The van der Waals surface area contributed by atoms with E-state index in [1.807, 2.05) is 13.0 Å². The first kappa shape index (κ1) is 16.9. The summed E-state index contributed by atoms with van der Waals surface area (Å²) >= 11 is 0. The Balaban J connectivity index is 2.46. The maximum Gasteiger partial charge on any atom is 0.243 e. The van der Waals surface area contributed by atoms with Crippen LogP contribution >= 0.6 is 0 Å². The van der Waals surface area contributed by atoms with Crippen LogP contribution in [0.3, 0.4) is 0 Å². The van der Waals surface area contributed by atoms with Gasteiger partial charge in [-0.2, -0.15) is 9.57 Å². The summed E-state index contributed by atoms with van der Waals surface area (Å²) in [7, 11) is -3.71. The fourth-order valence-electron chi connectivity index (χ4n) is 2.96. The van der Waals surface area contributed by atoms with Crippen molar-refractivity contribution in [1.82, 2.24) is 4.31 Å². The quantitative estimate of drug-likeness (QED) is 0.921. The van der Waals surface area contributed by atoms with Gasteiger partial charge in [-0.1, -0.05) is 19.4 Å². The minimum Gasteiger partial charge on any atom is -0.391 e. The van der Waals surface area contributed by atoms with Crippen LogP contribution in [0.1, 0.15) is 43.7 Å². The molecule has 0 amide bonds. The van der Waals surface area contributed by atoms with Crippen LogP contribution in [0.25, 0.3) is 0 Å². The van der Waals surface area contributed by atoms with Crippen molar-refractivity contribution in [3.63, 3.8) is 0 Å². The van der Waals surface area contributed by atoms with Gasteiger partial charge >= 0.3 is 0 Å². The first-order valence-corrected chi connectivity index (χ1v) is 9.06. The van der Waals surface area contributed by atoms with Crippen molar-refractivity contribution in [2.24, 2.45) is 0 Å². The summed E-state index contributed by atoms with van der Waals surface area (Å²) in [6.07, 6.45) is 2.25. The molecule has 0 radical (unpaired) electrons. The fourth-order valence-corrected chi connectivity index (χ4v) is 4.93. The molecule has 0 aromatic heterocycles. The highest BCUT2D eigenvalue weighted by Crippen LogP contribution is 2.29. The van der Waals surface area contributed by atoms with E-state index in [1.54, 1.807) is 19.1 Å². The highest BCUT2D eigenvalue weighted by Gasteiger charge is 2.37. The number of aliphatic hydroxyl groups excluding tert-OH is 1. The van der Waals surface area contributed by atoms with Gasteiger partial charge in [0.2, 0.25) is 10.0 Å². The molecule has 0 unspecified atom stereocenters. The van der Waals surface area contributed by atoms with E-state index in [1.165, 1.54) is 10.4 Å².